The van der Waals surface area contributed by atoms with Crippen LogP contribution in [0.3, 0.4) is 0 Å². The van der Waals surface area contributed by atoms with Crippen LogP contribution in [0.1, 0.15) is 20.7 Å². The van der Waals surface area contributed by atoms with Crippen molar-refractivity contribution in [1.82, 2.24) is 0 Å². The highest BCUT2D eigenvalue weighted by Gasteiger charge is 2.28. The molecular weight excluding hydrogens is 378 g/mol. The molecule has 0 unspecified atom stereocenters. The molecule has 8 nitrogen and oxygen atoms in total. The molecule has 1 aliphatic rings. The highest BCUT2D eigenvalue weighted by molar-refractivity contribution is 6.17. The van der Waals surface area contributed by atoms with Crippen LogP contribution in [-0.2, 0) is 0 Å². The fourth-order valence-corrected chi connectivity index (χ4v) is 3.55. The molecule has 29 heavy (non-hydrogen) atoms. The van der Waals surface area contributed by atoms with E-state index >= 15 is 0 Å². The first-order valence-corrected chi connectivity index (χ1v) is 8.61. The molecule has 3 aromatic carbocycles. The normalized spacial score (nSPS) is 12.1. The maximum atomic E-state index is 12.2. The summed E-state index contributed by atoms with van der Waals surface area (Å²) in [5, 5.41) is 11.1. The van der Waals surface area contributed by atoms with Gasteiger partial charge in [0.05, 0.1) is 25.3 Å². The fourth-order valence-electron chi connectivity index (χ4n) is 3.55. The molecule has 0 atom stereocenters. The number of methoxy groups -OCH3 is 2. The summed E-state index contributed by atoms with van der Waals surface area (Å²) in [5.41, 5.74) is 5.96. The predicted molar refractivity (Wildman–Crippen MR) is 104 cm³/mol. The average Bonchev–Trinajstić information content (AvgIpc) is 3.20. The monoisotopic (exact) mass is 395 g/mol. The zero-order valence-electron chi connectivity index (χ0n) is 15.6. The van der Waals surface area contributed by atoms with Crippen molar-refractivity contribution in [2.45, 2.75) is 0 Å². The van der Waals surface area contributed by atoms with E-state index in [1.807, 2.05) is 0 Å². The van der Waals surface area contributed by atoms with Crippen LogP contribution in [0.15, 0.2) is 36.4 Å². The number of aromatic carboxylic acids is 1. The van der Waals surface area contributed by atoms with E-state index in [-0.39, 0.29) is 23.5 Å². The van der Waals surface area contributed by atoms with Crippen molar-refractivity contribution in [2.75, 3.05) is 21.0 Å². The molecule has 0 bridgehead atoms. The van der Waals surface area contributed by atoms with E-state index in [4.69, 9.17) is 24.7 Å². The van der Waals surface area contributed by atoms with E-state index in [0.717, 1.165) is 0 Å². The summed E-state index contributed by atoms with van der Waals surface area (Å²) in [6.45, 7) is 0.0137. The number of carboxylic acid groups (broad SMARTS) is 1. The summed E-state index contributed by atoms with van der Waals surface area (Å²) in [6, 6.07) is 9.86. The topological polar surface area (TPSA) is 117 Å². The van der Waals surface area contributed by atoms with Crippen LogP contribution in [0.4, 0.5) is 0 Å². The van der Waals surface area contributed by atoms with Crippen molar-refractivity contribution < 1.29 is 33.6 Å². The molecule has 0 radical (unpaired) electrons. The molecule has 1 heterocycles. The average molecular weight is 395 g/mol. The Morgan fingerprint density at radius 2 is 1.79 bits per heavy atom. The Morgan fingerprint density at radius 3 is 2.45 bits per heavy atom. The minimum Gasteiger partial charge on any atom is -0.493 e. The Labute approximate surface area is 165 Å². The quantitative estimate of drug-likeness (QED) is 0.682. The summed E-state index contributed by atoms with van der Waals surface area (Å²) in [7, 11) is 2.98. The third-order valence-corrected chi connectivity index (χ3v) is 4.79. The van der Waals surface area contributed by atoms with E-state index in [1.165, 1.54) is 20.3 Å². The SMILES string of the molecule is COc1ccc(-c2c(C(=O)O)c(C(N)=O)cc3ccc4c(c23)OCO4)cc1OC. The Bertz CT molecular complexity index is 1170. The molecule has 0 aliphatic carbocycles. The number of nitrogens with two attached hydrogens (primary N) is 1. The van der Waals surface area contributed by atoms with Crippen molar-refractivity contribution in [2.24, 2.45) is 5.73 Å². The number of hydrogen-bond donors (Lipinski definition) is 2. The van der Waals surface area contributed by atoms with E-state index in [9.17, 15) is 14.7 Å². The Balaban J connectivity index is 2.18. The number of hydrogen-bond acceptors (Lipinski definition) is 6. The highest BCUT2D eigenvalue weighted by atomic mass is 16.7. The number of benzene rings is 3. The van der Waals surface area contributed by atoms with Gasteiger partial charge in [-0.15, -0.1) is 0 Å². The third kappa shape index (κ3) is 2.85. The van der Waals surface area contributed by atoms with Crippen LogP contribution >= 0.6 is 0 Å². The fraction of sp³-hybridized carbons (Fsp3) is 0.143. The van der Waals surface area contributed by atoms with Crippen LogP contribution in [-0.4, -0.2) is 38.0 Å². The molecule has 0 saturated carbocycles. The van der Waals surface area contributed by atoms with Gasteiger partial charge in [-0.3, -0.25) is 4.79 Å². The number of carboxylic acids is 1. The standard InChI is InChI=1S/C21H17NO7/c1-26-13-5-3-11(8-15(13)27-2)16-17-10(4-6-14-19(17)29-9-28-14)7-12(20(22)23)18(16)21(24)25/h3-8H,9H2,1-2H3,(H2,22,23)(H,24,25). The van der Waals surface area contributed by atoms with Gasteiger partial charge in [0.15, 0.2) is 23.0 Å². The third-order valence-electron chi connectivity index (χ3n) is 4.79. The van der Waals surface area contributed by atoms with Gasteiger partial charge in [0.2, 0.25) is 12.7 Å². The lowest BCUT2D eigenvalue weighted by Gasteiger charge is -2.17. The molecule has 8 heteroatoms. The number of amides is 1. The molecule has 0 fully saturated rings. The first-order chi connectivity index (χ1) is 14.0. The van der Waals surface area contributed by atoms with E-state index in [0.29, 0.717) is 39.3 Å². The maximum Gasteiger partial charge on any atom is 0.337 e. The Hall–Kier alpha value is -3.94. The number of carbonyl (C=O) groups excluding carboxylic acids is 1. The van der Waals surface area contributed by atoms with Crippen molar-refractivity contribution in [3.05, 3.63) is 47.5 Å². The predicted octanol–water partition coefficient (Wildman–Crippen LogP) is 3.05. The highest BCUT2D eigenvalue weighted by Crippen LogP contribution is 2.47. The molecule has 3 N–H and O–H groups in total. The summed E-state index contributed by atoms with van der Waals surface area (Å²) >= 11 is 0. The minimum absolute atomic E-state index is 0.0137. The molecule has 0 saturated heterocycles. The summed E-state index contributed by atoms with van der Waals surface area (Å²) < 4.78 is 21.7. The summed E-state index contributed by atoms with van der Waals surface area (Å²) in [4.78, 5) is 24.3. The number of ether oxygens (including phenoxy) is 4. The number of carbonyl (C=O) groups is 2. The smallest absolute Gasteiger partial charge is 0.337 e. The second kappa shape index (κ2) is 6.90. The second-order valence-corrected chi connectivity index (χ2v) is 6.31. The first kappa shape index (κ1) is 18.4. The van der Waals surface area contributed by atoms with Crippen LogP contribution in [0.25, 0.3) is 21.9 Å². The van der Waals surface area contributed by atoms with E-state index in [1.54, 1.807) is 30.3 Å². The van der Waals surface area contributed by atoms with Crippen LogP contribution in [0.2, 0.25) is 0 Å². The Morgan fingerprint density at radius 1 is 1.03 bits per heavy atom. The molecule has 0 aromatic heterocycles. The molecule has 148 valence electrons. The first-order valence-electron chi connectivity index (χ1n) is 8.61. The van der Waals surface area contributed by atoms with Gasteiger partial charge in [0, 0.05) is 10.9 Å². The van der Waals surface area contributed by atoms with E-state index in [2.05, 4.69) is 0 Å². The lowest BCUT2D eigenvalue weighted by Crippen LogP contribution is -2.17. The van der Waals surface area contributed by atoms with Crippen LogP contribution in [0.5, 0.6) is 23.0 Å². The largest absolute Gasteiger partial charge is 0.493 e. The lowest BCUT2D eigenvalue weighted by molar-refractivity contribution is 0.0693. The van der Waals surface area contributed by atoms with Crippen molar-refractivity contribution >= 4 is 22.6 Å². The van der Waals surface area contributed by atoms with Crippen molar-refractivity contribution in [3.8, 4) is 34.1 Å². The lowest BCUT2D eigenvalue weighted by atomic mass is 9.88. The van der Waals surface area contributed by atoms with Crippen molar-refractivity contribution in [1.29, 1.82) is 0 Å². The number of rotatable bonds is 5. The van der Waals surface area contributed by atoms with Gasteiger partial charge in [-0.05, 0) is 35.2 Å². The molecule has 4 rings (SSSR count). The summed E-state index contributed by atoms with van der Waals surface area (Å²) in [6.07, 6.45) is 0. The number of fused-ring (bicyclic) bond motifs is 3. The van der Waals surface area contributed by atoms with Gasteiger partial charge in [-0.1, -0.05) is 12.1 Å². The van der Waals surface area contributed by atoms with Gasteiger partial charge < -0.3 is 29.8 Å². The Kier molecular flexibility index (Phi) is 4.38. The molecule has 1 amide bonds. The van der Waals surface area contributed by atoms with Crippen LogP contribution in [0, 0.1) is 0 Å². The van der Waals surface area contributed by atoms with Gasteiger partial charge in [0.1, 0.15) is 0 Å². The van der Waals surface area contributed by atoms with Gasteiger partial charge in [0.25, 0.3) is 0 Å². The zero-order chi connectivity index (χ0) is 20.7. The van der Waals surface area contributed by atoms with Gasteiger partial charge in [-0.25, -0.2) is 4.79 Å². The van der Waals surface area contributed by atoms with E-state index < -0.39 is 11.9 Å². The van der Waals surface area contributed by atoms with Gasteiger partial charge in [-0.2, -0.15) is 0 Å². The van der Waals surface area contributed by atoms with Crippen LogP contribution < -0.4 is 24.7 Å². The molecule has 3 aromatic rings. The zero-order valence-corrected chi connectivity index (χ0v) is 15.6. The number of primary amides is 1. The molecule has 1 aliphatic heterocycles. The second-order valence-electron chi connectivity index (χ2n) is 6.31. The minimum atomic E-state index is -1.29. The van der Waals surface area contributed by atoms with Crippen molar-refractivity contribution in [3.63, 3.8) is 0 Å². The van der Waals surface area contributed by atoms with Gasteiger partial charge >= 0.3 is 5.97 Å². The molecular formula is C21H17NO7. The molecule has 0 spiro atoms. The maximum absolute atomic E-state index is 12.2. The summed E-state index contributed by atoms with van der Waals surface area (Å²) in [5.74, 6) is -0.351.